The van der Waals surface area contributed by atoms with E-state index in [1.807, 2.05) is 62.4 Å². The third kappa shape index (κ3) is 4.50. The number of aliphatic hydroxyl groups is 1. The third-order valence-corrected chi connectivity index (χ3v) is 5.40. The monoisotopic (exact) mass is 421 g/mol. The van der Waals surface area contributed by atoms with E-state index >= 15 is 0 Å². The van der Waals surface area contributed by atoms with E-state index in [0.717, 1.165) is 11.1 Å². The molecular weight excluding hydrogens is 390 g/mol. The molecule has 1 heterocycles. The number of ketones is 1. The molecule has 5 nitrogen and oxygen atoms in total. The molecule has 0 saturated heterocycles. The smallest absolute Gasteiger partial charge is 0.294 e. The molecule has 1 atom stereocenters. The zero-order valence-corrected chi connectivity index (χ0v) is 19.0. The first kappa shape index (κ1) is 22.6. The van der Waals surface area contributed by atoms with Crippen molar-refractivity contribution < 1.29 is 19.4 Å². The van der Waals surface area contributed by atoms with Gasteiger partial charge in [-0.2, -0.15) is 0 Å². The third-order valence-electron chi connectivity index (χ3n) is 5.40. The molecule has 0 saturated carbocycles. The summed E-state index contributed by atoms with van der Waals surface area (Å²) in [5.41, 5.74) is 2.67. The summed E-state index contributed by atoms with van der Waals surface area (Å²) in [6.45, 7) is 11.6. The topological polar surface area (TPSA) is 66.8 Å². The highest BCUT2D eigenvalue weighted by molar-refractivity contribution is 6.16. The Bertz CT molecular complexity index is 985. The van der Waals surface area contributed by atoms with Gasteiger partial charge >= 0.3 is 0 Å². The lowest BCUT2D eigenvalue weighted by Crippen LogP contribution is -2.31. The molecule has 2 aromatic rings. The molecule has 0 aliphatic carbocycles. The van der Waals surface area contributed by atoms with Crippen molar-refractivity contribution in [3.05, 3.63) is 71.0 Å². The van der Waals surface area contributed by atoms with Crippen LogP contribution < -0.4 is 9.64 Å². The van der Waals surface area contributed by atoms with Crippen molar-refractivity contribution in [1.29, 1.82) is 0 Å². The van der Waals surface area contributed by atoms with Crippen molar-refractivity contribution in [2.75, 3.05) is 4.90 Å². The normalized spacial score (nSPS) is 16.7. The maximum Gasteiger partial charge on any atom is 0.294 e. The van der Waals surface area contributed by atoms with Crippen LogP contribution in [-0.4, -0.2) is 22.9 Å². The van der Waals surface area contributed by atoms with Gasteiger partial charge in [-0.25, -0.2) is 0 Å². The van der Waals surface area contributed by atoms with Crippen LogP contribution in [-0.2, 0) is 9.59 Å². The van der Waals surface area contributed by atoms with Gasteiger partial charge in [0.15, 0.2) is 11.5 Å². The molecule has 164 valence electrons. The molecule has 0 radical (unpaired) electrons. The van der Waals surface area contributed by atoms with E-state index in [1.54, 1.807) is 13.8 Å². The molecule has 31 heavy (non-hydrogen) atoms. The van der Waals surface area contributed by atoms with E-state index < -0.39 is 17.7 Å². The van der Waals surface area contributed by atoms with Gasteiger partial charge in [0.1, 0.15) is 5.75 Å². The predicted molar refractivity (Wildman–Crippen MR) is 122 cm³/mol. The molecule has 0 fully saturated rings. The highest BCUT2D eigenvalue weighted by Crippen LogP contribution is 2.42. The minimum Gasteiger partial charge on any atom is -0.503 e. The fourth-order valence-corrected chi connectivity index (χ4v) is 3.77. The minimum absolute atomic E-state index is 0.0388. The molecule has 0 aromatic heterocycles. The number of ether oxygens (including phenoxy) is 1. The number of hydrogen-bond donors (Lipinski definition) is 1. The Morgan fingerprint density at radius 1 is 0.935 bits per heavy atom. The number of carbonyl (C=O) groups is 2. The first-order valence-electron chi connectivity index (χ1n) is 10.8. The fraction of sp³-hybridized carbons (Fsp3) is 0.385. The molecule has 1 aliphatic rings. The quantitative estimate of drug-likeness (QED) is 0.621. The molecule has 0 spiro atoms. The van der Waals surface area contributed by atoms with E-state index in [-0.39, 0.29) is 23.4 Å². The molecule has 3 rings (SSSR count). The zero-order valence-electron chi connectivity index (χ0n) is 19.0. The minimum atomic E-state index is -0.694. The van der Waals surface area contributed by atoms with E-state index in [0.29, 0.717) is 17.4 Å². The maximum absolute atomic E-state index is 13.1. The van der Waals surface area contributed by atoms with E-state index in [9.17, 15) is 14.7 Å². The summed E-state index contributed by atoms with van der Waals surface area (Å²) in [7, 11) is 0. The Morgan fingerprint density at radius 2 is 1.52 bits per heavy atom. The van der Waals surface area contributed by atoms with Crippen LogP contribution in [0.4, 0.5) is 5.69 Å². The van der Waals surface area contributed by atoms with Crippen LogP contribution in [0.2, 0.25) is 0 Å². The lowest BCUT2D eigenvalue weighted by Gasteiger charge is -2.28. The van der Waals surface area contributed by atoms with Crippen molar-refractivity contribution in [3.63, 3.8) is 0 Å². The summed E-state index contributed by atoms with van der Waals surface area (Å²) in [6.07, 6.45) is 0.0388. The zero-order chi connectivity index (χ0) is 22.9. The lowest BCUT2D eigenvalue weighted by molar-refractivity contribution is -0.119. The van der Waals surface area contributed by atoms with Crippen LogP contribution in [0.3, 0.4) is 0 Å². The number of aliphatic hydroxyl groups excluding tert-OH is 1. The van der Waals surface area contributed by atoms with Gasteiger partial charge in [-0.1, -0.05) is 52.0 Å². The number of anilines is 1. The highest BCUT2D eigenvalue weighted by Gasteiger charge is 2.44. The number of hydrogen-bond acceptors (Lipinski definition) is 4. The Kier molecular flexibility index (Phi) is 6.54. The summed E-state index contributed by atoms with van der Waals surface area (Å²) < 4.78 is 5.72. The number of nitrogens with zero attached hydrogens (tertiary/aromatic N) is 1. The second-order valence-corrected chi connectivity index (χ2v) is 8.84. The molecule has 5 heteroatoms. The van der Waals surface area contributed by atoms with Gasteiger partial charge in [-0.05, 0) is 55.2 Å². The standard InChI is InChI=1S/C26H31NO4/c1-15(2)18-7-11-20(12-8-18)27-23(19-9-13-21(14-10-19)31-17(5)6)22(24(28)16(3)4)25(29)26(27)30/h7-17,23,29H,1-6H3. The van der Waals surface area contributed by atoms with Crippen LogP contribution in [0.1, 0.15) is 64.6 Å². The van der Waals surface area contributed by atoms with Gasteiger partial charge in [0, 0.05) is 11.6 Å². The average Bonchev–Trinajstić information content (AvgIpc) is 2.98. The van der Waals surface area contributed by atoms with Gasteiger partial charge in [-0.3, -0.25) is 14.5 Å². The molecule has 1 amide bonds. The van der Waals surface area contributed by atoms with Crippen LogP contribution in [0.5, 0.6) is 5.75 Å². The summed E-state index contributed by atoms with van der Waals surface area (Å²) >= 11 is 0. The van der Waals surface area contributed by atoms with Crippen LogP contribution >= 0.6 is 0 Å². The molecule has 0 bridgehead atoms. The fourth-order valence-electron chi connectivity index (χ4n) is 3.77. The SMILES string of the molecule is CC(C)Oc1ccc(C2C(C(=O)C(C)C)=C(O)C(=O)N2c2ccc(C(C)C)cc2)cc1. The maximum atomic E-state index is 13.1. The van der Waals surface area contributed by atoms with Crippen molar-refractivity contribution in [2.45, 2.75) is 59.6 Å². The van der Waals surface area contributed by atoms with Gasteiger partial charge in [0.2, 0.25) is 0 Å². The molecule has 1 unspecified atom stereocenters. The highest BCUT2D eigenvalue weighted by atomic mass is 16.5. The van der Waals surface area contributed by atoms with Crippen molar-refractivity contribution in [3.8, 4) is 5.75 Å². The Balaban J connectivity index is 2.09. The van der Waals surface area contributed by atoms with Gasteiger partial charge in [-0.15, -0.1) is 0 Å². The summed E-state index contributed by atoms with van der Waals surface area (Å²) in [5.74, 6) is -0.551. The summed E-state index contributed by atoms with van der Waals surface area (Å²) in [6, 6.07) is 14.3. The Labute approximate surface area is 184 Å². The largest absolute Gasteiger partial charge is 0.503 e. The number of carbonyl (C=O) groups excluding carboxylic acids is 2. The first-order valence-corrected chi connectivity index (χ1v) is 10.8. The van der Waals surface area contributed by atoms with Crippen LogP contribution in [0, 0.1) is 5.92 Å². The van der Waals surface area contributed by atoms with E-state index in [1.165, 1.54) is 4.90 Å². The van der Waals surface area contributed by atoms with Gasteiger partial charge in [0.25, 0.3) is 5.91 Å². The number of amides is 1. The summed E-state index contributed by atoms with van der Waals surface area (Å²) in [5, 5.41) is 10.7. The van der Waals surface area contributed by atoms with Crippen LogP contribution in [0.15, 0.2) is 59.9 Å². The van der Waals surface area contributed by atoms with Crippen LogP contribution in [0.25, 0.3) is 0 Å². The molecule has 2 aromatic carbocycles. The second kappa shape index (κ2) is 8.96. The van der Waals surface area contributed by atoms with Crippen molar-refractivity contribution in [2.24, 2.45) is 5.92 Å². The predicted octanol–water partition coefficient (Wildman–Crippen LogP) is 5.72. The number of rotatable bonds is 7. The van der Waals surface area contributed by atoms with Crippen molar-refractivity contribution >= 4 is 17.4 Å². The second-order valence-electron chi connectivity index (χ2n) is 8.84. The van der Waals surface area contributed by atoms with E-state index in [2.05, 4.69) is 13.8 Å². The first-order chi connectivity index (χ1) is 14.6. The molecule has 1 N–H and O–H groups in total. The molecular formula is C26H31NO4. The Hall–Kier alpha value is -3.08. The number of Topliss-reactive ketones (excluding diaryl/α,β-unsaturated/α-hetero) is 1. The summed E-state index contributed by atoms with van der Waals surface area (Å²) in [4.78, 5) is 27.6. The van der Waals surface area contributed by atoms with Gasteiger partial charge < -0.3 is 9.84 Å². The number of benzene rings is 2. The van der Waals surface area contributed by atoms with Gasteiger partial charge in [0.05, 0.1) is 17.7 Å². The Morgan fingerprint density at radius 3 is 2.00 bits per heavy atom. The molecule has 1 aliphatic heterocycles. The van der Waals surface area contributed by atoms with E-state index in [4.69, 9.17) is 4.74 Å². The average molecular weight is 422 g/mol. The lowest BCUT2D eigenvalue weighted by atomic mass is 9.91. The van der Waals surface area contributed by atoms with Crippen molar-refractivity contribution in [1.82, 2.24) is 0 Å².